The average molecular weight is 395 g/mol. The molecule has 0 unspecified atom stereocenters. The monoisotopic (exact) mass is 395 g/mol. The van der Waals surface area contributed by atoms with Crippen molar-refractivity contribution in [1.82, 2.24) is 4.90 Å². The van der Waals surface area contributed by atoms with Crippen LogP contribution in [-0.2, 0) is 0 Å². The van der Waals surface area contributed by atoms with E-state index in [1.165, 1.54) is 0 Å². The number of nitrogens with zero attached hydrogens (tertiary/aromatic N) is 1. The largest absolute Gasteiger partial charge is 0.497 e. The van der Waals surface area contributed by atoms with Crippen LogP contribution in [0.3, 0.4) is 0 Å². The molecular formula is C24H29NO4. The zero-order chi connectivity index (χ0) is 20.4. The molecule has 5 nitrogen and oxygen atoms in total. The van der Waals surface area contributed by atoms with Gasteiger partial charge in [0.05, 0.1) is 25.9 Å². The van der Waals surface area contributed by atoms with Crippen LogP contribution >= 0.6 is 0 Å². The SMILES string of the molecule is COc1ccc([C@H]2[C@@H]3CCCC[C@@]3(O)CCN2C(=O)c2ccccc2)c(OC)c1. The molecule has 3 atom stereocenters. The Balaban J connectivity index is 1.80. The molecule has 29 heavy (non-hydrogen) atoms. The fourth-order valence-corrected chi connectivity index (χ4v) is 5.10. The van der Waals surface area contributed by atoms with Gasteiger partial charge in [-0.1, -0.05) is 31.0 Å². The summed E-state index contributed by atoms with van der Waals surface area (Å²) in [6.07, 6.45) is 4.40. The van der Waals surface area contributed by atoms with Crippen LogP contribution in [0.2, 0.25) is 0 Å². The average Bonchev–Trinajstić information content (AvgIpc) is 2.77. The van der Waals surface area contributed by atoms with Crippen LogP contribution in [-0.4, -0.2) is 42.3 Å². The van der Waals surface area contributed by atoms with Crippen LogP contribution in [0, 0.1) is 5.92 Å². The van der Waals surface area contributed by atoms with Crippen molar-refractivity contribution in [2.45, 2.75) is 43.7 Å². The summed E-state index contributed by atoms with van der Waals surface area (Å²) < 4.78 is 11.0. The molecule has 1 aliphatic heterocycles. The standard InChI is InChI=1S/C24H29NO4/c1-28-18-11-12-19(21(16-18)29-2)22-20-10-6-7-13-24(20,27)14-15-25(22)23(26)17-8-4-3-5-9-17/h3-5,8-9,11-12,16,20,22,27H,6-7,10,13-15H2,1-2H3/t20-,22-,24+/m0/s1. The molecule has 0 aromatic heterocycles. The van der Waals surface area contributed by atoms with Crippen LogP contribution < -0.4 is 9.47 Å². The quantitative estimate of drug-likeness (QED) is 0.842. The molecule has 154 valence electrons. The first-order chi connectivity index (χ1) is 14.1. The van der Waals surface area contributed by atoms with Gasteiger partial charge in [0.2, 0.25) is 0 Å². The Morgan fingerprint density at radius 3 is 2.59 bits per heavy atom. The minimum Gasteiger partial charge on any atom is -0.497 e. The van der Waals surface area contributed by atoms with Crippen molar-refractivity contribution in [3.05, 3.63) is 59.7 Å². The third-order valence-electron chi connectivity index (χ3n) is 6.61. The molecule has 0 bridgehead atoms. The highest BCUT2D eigenvalue weighted by Gasteiger charge is 2.50. The van der Waals surface area contributed by atoms with E-state index < -0.39 is 5.60 Å². The Morgan fingerprint density at radius 2 is 1.86 bits per heavy atom. The normalized spacial score (nSPS) is 26.5. The Labute approximate surface area is 172 Å². The number of methoxy groups -OCH3 is 2. The summed E-state index contributed by atoms with van der Waals surface area (Å²) in [6, 6.07) is 14.9. The van der Waals surface area contributed by atoms with Gasteiger partial charge < -0.3 is 19.5 Å². The fourth-order valence-electron chi connectivity index (χ4n) is 5.10. The van der Waals surface area contributed by atoms with E-state index in [0.717, 1.165) is 31.2 Å². The van der Waals surface area contributed by atoms with Crippen LogP contribution in [0.4, 0.5) is 0 Å². The van der Waals surface area contributed by atoms with E-state index >= 15 is 0 Å². The summed E-state index contributed by atoms with van der Waals surface area (Å²) in [5.74, 6) is 1.39. The molecule has 1 aliphatic carbocycles. The zero-order valence-electron chi connectivity index (χ0n) is 17.1. The number of rotatable bonds is 4. The van der Waals surface area contributed by atoms with Gasteiger partial charge in [-0.2, -0.15) is 0 Å². The fraction of sp³-hybridized carbons (Fsp3) is 0.458. The number of benzene rings is 2. The van der Waals surface area contributed by atoms with Gasteiger partial charge in [0, 0.05) is 29.7 Å². The van der Waals surface area contributed by atoms with E-state index in [4.69, 9.17) is 9.47 Å². The third-order valence-corrected chi connectivity index (χ3v) is 6.61. The highest BCUT2D eigenvalue weighted by molar-refractivity contribution is 5.94. The lowest BCUT2D eigenvalue weighted by Crippen LogP contribution is -2.56. The van der Waals surface area contributed by atoms with E-state index in [0.29, 0.717) is 30.0 Å². The summed E-state index contributed by atoms with van der Waals surface area (Å²) in [5, 5.41) is 11.5. The number of fused-ring (bicyclic) bond motifs is 1. The Hall–Kier alpha value is -2.53. The number of carbonyl (C=O) groups excluding carboxylic acids is 1. The smallest absolute Gasteiger partial charge is 0.254 e. The zero-order valence-corrected chi connectivity index (χ0v) is 17.1. The minimum atomic E-state index is -0.735. The number of aliphatic hydroxyl groups is 1. The first-order valence-electron chi connectivity index (χ1n) is 10.4. The summed E-state index contributed by atoms with van der Waals surface area (Å²) in [4.78, 5) is 15.4. The number of carbonyl (C=O) groups is 1. The summed E-state index contributed by atoms with van der Waals surface area (Å²) in [5.41, 5.74) is 0.871. The lowest BCUT2D eigenvalue weighted by atomic mass is 9.66. The van der Waals surface area contributed by atoms with E-state index in [2.05, 4.69) is 0 Å². The third kappa shape index (κ3) is 3.60. The maximum atomic E-state index is 13.5. The highest BCUT2D eigenvalue weighted by Crippen LogP contribution is 2.51. The summed E-state index contributed by atoms with van der Waals surface area (Å²) in [6.45, 7) is 0.528. The number of hydrogen-bond donors (Lipinski definition) is 1. The lowest BCUT2D eigenvalue weighted by molar-refractivity contribution is -0.115. The molecule has 1 amide bonds. The number of hydrogen-bond acceptors (Lipinski definition) is 4. The molecule has 4 rings (SSSR count). The molecular weight excluding hydrogens is 366 g/mol. The van der Waals surface area contributed by atoms with Gasteiger partial charge in [-0.25, -0.2) is 0 Å². The van der Waals surface area contributed by atoms with Crippen molar-refractivity contribution in [2.24, 2.45) is 5.92 Å². The maximum Gasteiger partial charge on any atom is 0.254 e. The summed E-state index contributed by atoms with van der Waals surface area (Å²) in [7, 11) is 3.26. The van der Waals surface area contributed by atoms with Crippen molar-refractivity contribution in [1.29, 1.82) is 0 Å². The van der Waals surface area contributed by atoms with Gasteiger partial charge in [0.15, 0.2) is 0 Å². The molecule has 1 saturated carbocycles. The van der Waals surface area contributed by atoms with Crippen molar-refractivity contribution in [2.75, 3.05) is 20.8 Å². The van der Waals surface area contributed by atoms with Crippen LogP contribution in [0.15, 0.2) is 48.5 Å². The predicted octanol–water partition coefficient (Wildman–Crippen LogP) is 4.21. The number of piperidine rings is 1. The van der Waals surface area contributed by atoms with Crippen molar-refractivity contribution in [3.8, 4) is 11.5 Å². The van der Waals surface area contributed by atoms with Crippen molar-refractivity contribution >= 4 is 5.91 Å². The second-order valence-electron chi connectivity index (χ2n) is 8.12. The molecule has 2 aromatic carbocycles. The van der Waals surface area contributed by atoms with Crippen molar-refractivity contribution in [3.63, 3.8) is 0 Å². The van der Waals surface area contributed by atoms with Gasteiger partial charge >= 0.3 is 0 Å². The second kappa shape index (κ2) is 8.07. The molecule has 0 radical (unpaired) electrons. The van der Waals surface area contributed by atoms with E-state index in [1.807, 2.05) is 53.4 Å². The van der Waals surface area contributed by atoms with E-state index in [-0.39, 0.29) is 17.9 Å². The molecule has 0 spiro atoms. The number of amides is 1. The van der Waals surface area contributed by atoms with Crippen LogP contribution in [0.5, 0.6) is 11.5 Å². The van der Waals surface area contributed by atoms with Gasteiger partial charge in [-0.05, 0) is 43.5 Å². The Bertz CT molecular complexity index is 868. The molecule has 1 saturated heterocycles. The number of ether oxygens (including phenoxy) is 2. The first-order valence-corrected chi connectivity index (χ1v) is 10.4. The first kappa shape index (κ1) is 19.8. The molecule has 2 fully saturated rings. The van der Waals surface area contributed by atoms with Crippen molar-refractivity contribution < 1.29 is 19.4 Å². The minimum absolute atomic E-state index is 0.00101. The second-order valence-corrected chi connectivity index (χ2v) is 8.12. The Kier molecular flexibility index (Phi) is 5.50. The molecule has 1 heterocycles. The lowest BCUT2D eigenvalue weighted by Gasteiger charge is -2.52. The summed E-state index contributed by atoms with van der Waals surface area (Å²) >= 11 is 0. The Morgan fingerprint density at radius 1 is 1.07 bits per heavy atom. The molecule has 2 aliphatic rings. The van der Waals surface area contributed by atoms with Gasteiger partial charge in [0.1, 0.15) is 11.5 Å². The van der Waals surface area contributed by atoms with Gasteiger partial charge in [-0.15, -0.1) is 0 Å². The van der Waals surface area contributed by atoms with Gasteiger partial charge in [-0.3, -0.25) is 4.79 Å². The van der Waals surface area contributed by atoms with Crippen LogP contribution in [0.25, 0.3) is 0 Å². The van der Waals surface area contributed by atoms with E-state index in [9.17, 15) is 9.90 Å². The maximum absolute atomic E-state index is 13.5. The topological polar surface area (TPSA) is 59.0 Å². The molecule has 2 aromatic rings. The molecule has 5 heteroatoms. The van der Waals surface area contributed by atoms with Crippen LogP contribution in [0.1, 0.15) is 54.1 Å². The molecule has 1 N–H and O–H groups in total. The van der Waals surface area contributed by atoms with Gasteiger partial charge in [0.25, 0.3) is 5.91 Å². The number of likely N-dealkylation sites (tertiary alicyclic amines) is 1. The predicted molar refractivity (Wildman–Crippen MR) is 111 cm³/mol. The van der Waals surface area contributed by atoms with E-state index in [1.54, 1.807) is 14.2 Å². The highest BCUT2D eigenvalue weighted by atomic mass is 16.5.